The molecule has 1 N–H and O–H groups in total. The van der Waals surface area contributed by atoms with Crippen molar-refractivity contribution in [2.45, 2.75) is 6.92 Å². The normalized spacial score (nSPS) is 10.2. The molecule has 2 aromatic rings. The molecule has 108 valence electrons. The Labute approximate surface area is 118 Å². The molecule has 0 aliphatic carbocycles. The molecule has 5 nitrogen and oxygen atoms in total. The maximum absolute atomic E-state index is 13.5. The van der Waals surface area contributed by atoms with Gasteiger partial charge in [0.25, 0.3) is 5.91 Å². The molecule has 0 atom stereocenters. The van der Waals surface area contributed by atoms with E-state index in [-0.39, 0.29) is 16.8 Å². The van der Waals surface area contributed by atoms with Crippen molar-refractivity contribution in [2.24, 2.45) is 0 Å². The molecule has 2 aromatic carbocycles. The van der Waals surface area contributed by atoms with Crippen molar-refractivity contribution in [3.63, 3.8) is 0 Å². The number of nitrogens with zero attached hydrogens (tertiary/aromatic N) is 1. The summed E-state index contributed by atoms with van der Waals surface area (Å²) in [6.07, 6.45) is 0. The minimum absolute atomic E-state index is 0.0956. The molecule has 0 aromatic heterocycles. The molecule has 0 radical (unpaired) electrons. The van der Waals surface area contributed by atoms with Gasteiger partial charge in [-0.05, 0) is 31.2 Å². The Hall–Kier alpha value is -2.83. The van der Waals surface area contributed by atoms with Crippen LogP contribution in [0, 0.1) is 28.7 Å². The van der Waals surface area contributed by atoms with E-state index < -0.39 is 28.2 Å². The van der Waals surface area contributed by atoms with Crippen LogP contribution in [-0.2, 0) is 0 Å². The van der Waals surface area contributed by atoms with Gasteiger partial charge in [0.1, 0.15) is 5.82 Å². The van der Waals surface area contributed by atoms with E-state index in [0.717, 1.165) is 18.2 Å². The number of carbonyl (C=O) groups excluding carboxylic acids is 1. The molecule has 0 saturated heterocycles. The summed E-state index contributed by atoms with van der Waals surface area (Å²) < 4.78 is 26.8. The van der Waals surface area contributed by atoms with E-state index in [4.69, 9.17) is 0 Å². The second-order valence-corrected chi connectivity index (χ2v) is 4.29. The molecule has 21 heavy (non-hydrogen) atoms. The van der Waals surface area contributed by atoms with E-state index >= 15 is 0 Å². The lowest BCUT2D eigenvalue weighted by Crippen LogP contribution is -2.13. The molecule has 0 aliphatic heterocycles. The van der Waals surface area contributed by atoms with Gasteiger partial charge in [0.15, 0.2) is 0 Å². The molecular weight excluding hydrogens is 282 g/mol. The third kappa shape index (κ3) is 3.02. The van der Waals surface area contributed by atoms with Gasteiger partial charge in [-0.1, -0.05) is 6.07 Å². The van der Waals surface area contributed by atoms with Crippen LogP contribution in [0.5, 0.6) is 0 Å². The minimum Gasteiger partial charge on any atom is -0.322 e. The summed E-state index contributed by atoms with van der Waals surface area (Å²) in [5.41, 5.74) is -0.317. The van der Waals surface area contributed by atoms with Crippen LogP contribution in [0.15, 0.2) is 36.4 Å². The average Bonchev–Trinajstić information content (AvgIpc) is 2.43. The highest BCUT2D eigenvalue weighted by Crippen LogP contribution is 2.21. The predicted octanol–water partition coefficient (Wildman–Crippen LogP) is 3.43. The summed E-state index contributed by atoms with van der Waals surface area (Å²) in [5, 5.41) is 12.9. The second kappa shape index (κ2) is 5.66. The third-order valence-electron chi connectivity index (χ3n) is 2.92. The van der Waals surface area contributed by atoms with Gasteiger partial charge in [-0.15, -0.1) is 0 Å². The quantitative estimate of drug-likeness (QED) is 0.695. The van der Waals surface area contributed by atoms with Crippen molar-refractivity contribution in [3.05, 3.63) is 69.3 Å². The Balaban J connectivity index is 2.27. The molecule has 1 amide bonds. The van der Waals surface area contributed by atoms with Crippen molar-refractivity contribution in [3.8, 4) is 0 Å². The molecule has 0 aliphatic rings. The Morgan fingerprint density at radius 3 is 2.52 bits per heavy atom. The summed E-state index contributed by atoms with van der Waals surface area (Å²) in [4.78, 5) is 21.6. The Morgan fingerprint density at radius 2 is 1.90 bits per heavy atom. The summed E-state index contributed by atoms with van der Waals surface area (Å²) >= 11 is 0. The first-order valence-corrected chi connectivity index (χ1v) is 5.90. The number of benzene rings is 2. The predicted molar refractivity (Wildman–Crippen MR) is 72.1 cm³/mol. The summed E-state index contributed by atoms with van der Waals surface area (Å²) in [6, 6.07) is 6.97. The fourth-order valence-electron chi connectivity index (χ4n) is 1.73. The van der Waals surface area contributed by atoms with Gasteiger partial charge in [-0.3, -0.25) is 14.9 Å². The van der Waals surface area contributed by atoms with Crippen LogP contribution in [0.1, 0.15) is 15.9 Å². The van der Waals surface area contributed by atoms with Gasteiger partial charge >= 0.3 is 5.69 Å². The van der Waals surface area contributed by atoms with E-state index in [1.165, 1.54) is 25.1 Å². The lowest BCUT2D eigenvalue weighted by molar-refractivity contribution is -0.387. The molecule has 0 heterocycles. The number of nitrogens with one attached hydrogen (secondary N) is 1. The maximum atomic E-state index is 13.5. The number of carbonyl (C=O) groups is 1. The Morgan fingerprint density at radius 1 is 1.19 bits per heavy atom. The highest BCUT2D eigenvalue weighted by Gasteiger charge is 2.17. The van der Waals surface area contributed by atoms with Gasteiger partial charge < -0.3 is 5.32 Å². The fraction of sp³-hybridized carbons (Fsp3) is 0.0714. The van der Waals surface area contributed by atoms with Gasteiger partial charge in [-0.25, -0.2) is 4.39 Å². The van der Waals surface area contributed by atoms with E-state index in [9.17, 15) is 23.7 Å². The van der Waals surface area contributed by atoms with Crippen LogP contribution in [0.25, 0.3) is 0 Å². The van der Waals surface area contributed by atoms with Crippen LogP contribution in [0.4, 0.5) is 20.2 Å². The highest BCUT2D eigenvalue weighted by atomic mass is 19.1. The highest BCUT2D eigenvalue weighted by molar-refractivity contribution is 6.04. The number of amides is 1. The summed E-state index contributed by atoms with van der Waals surface area (Å²) in [6.45, 7) is 1.49. The lowest BCUT2D eigenvalue weighted by Gasteiger charge is -2.09. The number of anilines is 1. The van der Waals surface area contributed by atoms with Crippen molar-refractivity contribution in [1.29, 1.82) is 0 Å². The maximum Gasteiger partial charge on any atom is 0.304 e. The van der Waals surface area contributed by atoms with Crippen LogP contribution in [-0.4, -0.2) is 10.8 Å². The number of hydrogen-bond acceptors (Lipinski definition) is 3. The van der Waals surface area contributed by atoms with E-state index in [0.29, 0.717) is 0 Å². The number of rotatable bonds is 3. The van der Waals surface area contributed by atoms with Crippen LogP contribution >= 0.6 is 0 Å². The zero-order valence-electron chi connectivity index (χ0n) is 10.9. The number of halogens is 2. The third-order valence-corrected chi connectivity index (χ3v) is 2.92. The molecular formula is C14H10F2N2O3. The summed E-state index contributed by atoms with van der Waals surface area (Å²) in [5.74, 6) is -2.27. The SMILES string of the molecule is Cc1c(F)cccc1NC(=O)c1ccc([N+](=O)[O-])c(F)c1. The van der Waals surface area contributed by atoms with Gasteiger partial charge in [0, 0.05) is 22.9 Å². The van der Waals surface area contributed by atoms with Gasteiger partial charge in [0.2, 0.25) is 5.82 Å². The zero-order valence-corrected chi connectivity index (χ0v) is 10.9. The summed E-state index contributed by atoms with van der Waals surface area (Å²) in [7, 11) is 0. The largest absolute Gasteiger partial charge is 0.322 e. The number of nitro benzene ring substituents is 1. The van der Waals surface area contributed by atoms with Crippen molar-refractivity contribution < 1.29 is 18.5 Å². The van der Waals surface area contributed by atoms with Crippen LogP contribution in [0.3, 0.4) is 0 Å². The Kier molecular flexibility index (Phi) is 3.93. The molecule has 2 rings (SSSR count). The number of nitro groups is 1. The minimum atomic E-state index is -1.11. The van der Waals surface area contributed by atoms with Crippen molar-refractivity contribution in [1.82, 2.24) is 0 Å². The topological polar surface area (TPSA) is 72.2 Å². The van der Waals surface area contributed by atoms with Gasteiger partial charge in [0.05, 0.1) is 4.92 Å². The molecule has 0 spiro atoms. The Bertz CT molecular complexity index is 732. The fourth-order valence-corrected chi connectivity index (χ4v) is 1.73. The van der Waals surface area contributed by atoms with Crippen LogP contribution < -0.4 is 5.32 Å². The molecule has 7 heteroatoms. The molecule has 0 bridgehead atoms. The van der Waals surface area contributed by atoms with Gasteiger partial charge in [-0.2, -0.15) is 4.39 Å². The standard InChI is InChI=1S/C14H10F2N2O3/c1-8-10(15)3-2-4-12(8)17-14(19)9-5-6-13(18(20)21)11(16)7-9/h2-7H,1H3,(H,17,19). The monoisotopic (exact) mass is 292 g/mol. The second-order valence-electron chi connectivity index (χ2n) is 4.29. The van der Waals surface area contributed by atoms with E-state index in [1.807, 2.05) is 0 Å². The smallest absolute Gasteiger partial charge is 0.304 e. The van der Waals surface area contributed by atoms with Crippen LogP contribution in [0.2, 0.25) is 0 Å². The molecule has 0 unspecified atom stereocenters. The zero-order chi connectivity index (χ0) is 15.6. The molecule has 0 fully saturated rings. The first kappa shape index (κ1) is 14.6. The first-order valence-electron chi connectivity index (χ1n) is 5.90. The van der Waals surface area contributed by atoms with Crippen molar-refractivity contribution in [2.75, 3.05) is 5.32 Å². The number of hydrogen-bond donors (Lipinski definition) is 1. The van der Waals surface area contributed by atoms with Crippen molar-refractivity contribution >= 4 is 17.3 Å². The lowest BCUT2D eigenvalue weighted by atomic mass is 10.1. The van der Waals surface area contributed by atoms with E-state index in [2.05, 4.69) is 5.32 Å². The van der Waals surface area contributed by atoms with E-state index in [1.54, 1.807) is 0 Å². The molecule has 0 saturated carbocycles. The average molecular weight is 292 g/mol. The first-order chi connectivity index (χ1) is 9.90.